The van der Waals surface area contributed by atoms with E-state index in [0.717, 1.165) is 49.3 Å². The maximum absolute atomic E-state index is 13.1. The molecule has 0 bridgehead atoms. The molecule has 0 radical (unpaired) electrons. The Morgan fingerprint density at radius 2 is 1.89 bits per heavy atom. The second-order valence-corrected chi connectivity index (χ2v) is 9.97. The Balaban J connectivity index is 1.09. The van der Waals surface area contributed by atoms with E-state index in [2.05, 4.69) is 30.5 Å². The lowest BCUT2D eigenvalue weighted by Gasteiger charge is -2.48. The Labute approximate surface area is 212 Å². The molecule has 5 rings (SSSR count). The number of alkyl halides is 3. The molecule has 1 saturated carbocycles. The highest BCUT2D eigenvalue weighted by Gasteiger charge is 2.40. The van der Waals surface area contributed by atoms with Crippen LogP contribution in [0.3, 0.4) is 0 Å². The Bertz CT molecular complexity index is 1270. The van der Waals surface area contributed by atoms with Gasteiger partial charge in [0, 0.05) is 42.0 Å². The smallest absolute Gasteiger partial charge is 0.385 e. The largest absolute Gasteiger partial charge is 0.416 e. The molecule has 2 fully saturated rings. The molecule has 2 aromatic heterocycles. The number of aryl methyl sites for hydroxylation is 1. The molecule has 0 spiro atoms. The van der Waals surface area contributed by atoms with Gasteiger partial charge in [-0.25, -0.2) is 9.97 Å². The molecule has 1 saturated heterocycles. The molecule has 1 aromatic carbocycles. The summed E-state index contributed by atoms with van der Waals surface area (Å²) in [6.45, 7) is 3.27. The van der Waals surface area contributed by atoms with E-state index >= 15 is 0 Å². The highest BCUT2D eigenvalue weighted by molar-refractivity contribution is 5.91. The monoisotopic (exact) mass is 514 g/mol. The number of halogens is 3. The fourth-order valence-corrected chi connectivity index (χ4v) is 5.20. The van der Waals surface area contributed by atoms with Crippen LogP contribution in [-0.2, 0) is 16.6 Å². The lowest BCUT2D eigenvalue weighted by Crippen LogP contribution is -2.63. The lowest BCUT2D eigenvalue weighted by molar-refractivity contribution is -0.137. The lowest BCUT2D eigenvalue weighted by atomic mass is 9.77. The molecule has 37 heavy (non-hydrogen) atoms. The van der Waals surface area contributed by atoms with Crippen LogP contribution in [0, 0.1) is 6.92 Å². The van der Waals surface area contributed by atoms with Crippen LogP contribution < -0.4 is 10.6 Å². The summed E-state index contributed by atoms with van der Waals surface area (Å²) in [5.74, 6) is -0.0757. The second kappa shape index (κ2) is 9.86. The number of aliphatic hydroxyl groups is 1. The summed E-state index contributed by atoms with van der Waals surface area (Å²) in [4.78, 5) is 27.1. The van der Waals surface area contributed by atoms with E-state index in [0.29, 0.717) is 24.4 Å². The first kappa shape index (κ1) is 25.3. The van der Waals surface area contributed by atoms with Gasteiger partial charge in [0.05, 0.1) is 29.3 Å². The van der Waals surface area contributed by atoms with Crippen LogP contribution >= 0.6 is 0 Å². The van der Waals surface area contributed by atoms with Crippen LogP contribution in [-0.4, -0.2) is 62.6 Å². The molecule has 3 heterocycles. The highest BCUT2D eigenvalue weighted by Crippen LogP contribution is 2.39. The number of carbonyl (C=O) groups excluding carboxylic acids is 1. The Morgan fingerprint density at radius 3 is 2.57 bits per heavy atom. The first-order valence-corrected chi connectivity index (χ1v) is 12.4. The summed E-state index contributed by atoms with van der Waals surface area (Å²) in [5.41, 5.74) is 0.509. The van der Waals surface area contributed by atoms with Gasteiger partial charge in [0.2, 0.25) is 5.91 Å². The van der Waals surface area contributed by atoms with Gasteiger partial charge in [-0.1, -0.05) is 6.07 Å². The summed E-state index contributed by atoms with van der Waals surface area (Å²) >= 11 is 0. The summed E-state index contributed by atoms with van der Waals surface area (Å²) in [6, 6.07) is 7.49. The van der Waals surface area contributed by atoms with Crippen molar-refractivity contribution in [3.63, 3.8) is 0 Å². The first-order valence-electron chi connectivity index (χ1n) is 12.4. The number of carbonyl (C=O) groups is 1. The third-order valence-corrected chi connectivity index (χ3v) is 7.40. The predicted octanol–water partition coefficient (Wildman–Crippen LogP) is 3.39. The fraction of sp³-hybridized carbons (Fsp3) is 0.462. The first-order chi connectivity index (χ1) is 17.6. The molecular formula is C26H29F3N6O2. The van der Waals surface area contributed by atoms with E-state index in [1.807, 2.05) is 19.1 Å². The van der Waals surface area contributed by atoms with E-state index in [4.69, 9.17) is 0 Å². The summed E-state index contributed by atoms with van der Waals surface area (Å²) in [6.07, 6.45) is 1.61. The van der Waals surface area contributed by atoms with Gasteiger partial charge in [-0.15, -0.1) is 0 Å². The normalized spacial score (nSPS) is 23.0. The topological polar surface area (TPSA) is 103 Å². The fourth-order valence-electron chi connectivity index (χ4n) is 5.20. The van der Waals surface area contributed by atoms with Crippen LogP contribution in [0.5, 0.6) is 0 Å². The minimum Gasteiger partial charge on any atom is -0.385 e. The van der Waals surface area contributed by atoms with Gasteiger partial charge in [0.1, 0.15) is 12.1 Å². The van der Waals surface area contributed by atoms with Gasteiger partial charge in [-0.3, -0.25) is 14.7 Å². The van der Waals surface area contributed by atoms with Crippen molar-refractivity contribution in [3.8, 4) is 0 Å². The van der Waals surface area contributed by atoms with E-state index < -0.39 is 17.3 Å². The maximum Gasteiger partial charge on any atom is 0.416 e. The minimum absolute atomic E-state index is 0.00961. The zero-order valence-electron chi connectivity index (χ0n) is 20.4. The molecule has 11 heteroatoms. The van der Waals surface area contributed by atoms with Crippen molar-refractivity contribution in [3.05, 3.63) is 59.7 Å². The van der Waals surface area contributed by atoms with Crippen LogP contribution in [0.4, 0.5) is 19.0 Å². The average molecular weight is 515 g/mol. The van der Waals surface area contributed by atoms with E-state index in [1.165, 1.54) is 12.4 Å². The van der Waals surface area contributed by atoms with Crippen LogP contribution in [0.25, 0.3) is 10.9 Å². The highest BCUT2D eigenvalue weighted by atomic mass is 19.4. The molecule has 8 nitrogen and oxygen atoms in total. The summed E-state index contributed by atoms with van der Waals surface area (Å²) in [7, 11) is 0. The molecule has 1 aliphatic carbocycles. The number of benzene rings is 1. The molecule has 196 valence electrons. The molecule has 2 aliphatic rings. The van der Waals surface area contributed by atoms with Crippen LogP contribution in [0.2, 0.25) is 0 Å². The quantitative estimate of drug-likeness (QED) is 0.463. The van der Waals surface area contributed by atoms with Gasteiger partial charge in [0.15, 0.2) is 0 Å². The maximum atomic E-state index is 13.1. The van der Waals surface area contributed by atoms with Crippen molar-refractivity contribution in [2.75, 3.05) is 25.0 Å². The van der Waals surface area contributed by atoms with E-state index in [9.17, 15) is 23.1 Å². The number of pyridine rings is 1. The molecule has 1 amide bonds. The molecule has 0 atom stereocenters. The van der Waals surface area contributed by atoms with Gasteiger partial charge in [-0.05, 0) is 56.9 Å². The van der Waals surface area contributed by atoms with Crippen molar-refractivity contribution >= 4 is 22.6 Å². The van der Waals surface area contributed by atoms with Gasteiger partial charge in [-0.2, -0.15) is 13.2 Å². The third kappa shape index (κ3) is 5.52. The SMILES string of the molecule is Cc1ccc([C@]2(O)CC[C@H](N3CC(NC(=O)CNc4ncnc5ccc(C(F)(F)F)cc45)C3)CC2)cn1. The van der Waals surface area contributed by atoms with Gasteiger partial charge < -0.3 is 15.7 Å². The number of anilines is 1. The molecular weight excluding hydrogens is 485 g/mol. The standard InChI is InChI=1S/C26H29F3N6O2/c1-16-2-3-18(11-30-16)25(37)8-6-20(7-9-25)35-13-19(14-35)34-23(36)12-31-24-21-10-17(26(27,28)29)4-5-22(21)32-15-33-24/h2-5,10-11,15,19-20,37H,6-9,12-14H2,1H3,(H,34,36)(H,31,32,33)/t20-,25-. The Hall–Kier alpha value is -3.31. The Morgan fingerprint density at radius 1 is 1.14 bits per heavy atom. The summed E-state index contributed by atoms with van der Waals surface area (Å²) < 4.78 is 39.3. The zero-order valence-corrected chi connectivity index (χ0v) is 20.4. The number of hydrogen-bond donors (Lipinski definition) is 3. The average Bonchev–Trinajstić information content (AvgIpc) is 2.85. The number of nitrogens with one attached hydrogen (secondary N) is 2. The van der Waals surface area contributed by atoms with Gasteiger partial charge >= 0.3 is 6.18 Å². The van der Waals surface area contributed by atoms with Crippen molar-refractivity contribution in [1.82, 2.24) is 25.2 Å². The molecule has 1 aliphatic heterocycles. The minimum atomic E-state index is -4.48. The number of rotatable bonds is 6. The van der Waals surface area contributed by atoms with Gasteiger partial charge in [0.25, 0.3) is 0 Å². The molecule has 3 N–H and O–H groups in total. The number of aromatic nitrogens is 3. The third-order valence-electron chi connectivity index (χ3n) is 7.40. The van der Waals surface area contributed by atoms with Crippen molar-refractivity contribution in [2.45, 2.75) is 56.5 Å². The number of hydrogen-bond acceptors (Lipinski definition) is 7. The van der Waals surface area contributed by atoms with E-state index in [-0.39, 0.29) is 29.7 Å². The number of fused-ring (bicyclic) bond motifs is 1. The number of likely N-dealkylation sites (tertiary alicyclic amines) is 1. The number of amides is 1. The predicted molar refractivity (Wildman–Crippen MR) is 132 cm³/mol. The zero-order chi connectivity index (χ0) is 26.2. The van der Waals surface area contributed by atoms with Crippen molar-refractivity contribution in [2.24, 2.45) is 0 Å². The van der Waals surface area contributed by atoms with Crippen LogP contribution in [0.15, 0.2) is 42.9 Å². The number of nitrogens with zero attached hydrogens (tertiary/aromatic N) is 4. The molecule has 0 unspecified atom stereocenters. The van der Waals surface area contributed by atoms with Crippen molar-refractivity contribution in [1.29, 1.82) is 0 Å². The second-order valence-electron chi connectivity index (χ2n) is 9.97. The van der Waals surface area contributed by atoms with Crippen molar-refractivity contribution < 1.29 is 23.1 Å². The molecule has 3 aromatic rings. The summed E-state index contributed by atoms with van der Waals surface area (Å²) in [5, 5.41) is 17.1. The van der Waals surface area contributed by atoms with Crippen LogP contribution in [0.1, 0.15) is 42.5 Å². The van der Waals surface area contributed by atoms with E-state index in [1.54, 1.807) is 6.20 Å². The Kier molecular flexibility index (Phi) is 6.76.